The van der Waals surface area contributed by atoms with Crippen LogP contribution in [-0.4, -0.2) is 54.9 Å². The molecular formula is C24H22Cl2F3N3O5. The molecule has 0 saturated carbocycles. The summed E-state index contributed by atoms with van der Waals surface area (Å²) in [5.74, 6) is -2.09. The normalized spacial score (nSPS) is 17.0. The van der Waals surface area contributed by atoms with Gasteiger partial charge in [0.1, 0.15) is 13.1 Å². The van der Waals surface area contributed by atoms with E-state index in [4.69, 9.17) is 28.0 Å². The average Bonchev–Trinajstić information content (AvgIpc) is 3.22. The van der Waals surface area contributed by atoms with Crippen molar-refractivity contribution in [2.45, 2.75) is 32.0 Å². The van der Waals surface area contributed by atoms with Gasteiger partial charge < -0.3 is 14.9 Å². The molecule has 0 saturated heterocycles. The lowest BCUT2D eigenvalue weighted by molar-refractivity contribution is -0.138. The maximum atomic E-state index is 13.0. The van der Waals surface area contributed by atoms with Crippen LogP contribution in [0.3, 0.4) is 0 Å². The van der Waals surface area contributed by atoms with E-state index in [0.29, 0.717) is 38.2 Å². The second-order valence-corrected chi connectivity index (χ2v) is 9.35. The number of rotatable bonds is 6. The highest BCUT2D eigenvalue weighted by Gasteiger charge is 2.37. The molecule has 3 rings (SSSR count). The number of benzene rings is 2. The molecule has 1 atom stereocenters. The summed E-state index contributed by atoms with van der Waals surface area (Å²) in [4.78, 5) is 43.2. The van der Waals surface area contributed by atoms with Crippen molar-refractivity contribution in [2.24, 2.45) is 5.16 Å². The van der Waals surface area contributed by atoms with Crippen molar-refractivity contribution in [3.05, 3.63) is 68.7 Å². The summed E-state index contributed by atoms with van der Waals surface area (Å²) in [7, 11) is 0.981. The molecule has 2 aromatic rings. The second-order valence-electron chi connectivity index (χ2n) is 8.48. The van der Waals surface area contributed by atoms with Gasteiger partial charge in [0.15, 0.2) is 5.60 Å². The first-order chi connectivity index (χ1) is 17.2. The van der Waals surface area contributed by atoms with Crippen molar-refractivity contribution in [1.29, 1.82) is 0 Å². The molecule has 1 aliphatic rings. The number of carbonyl (C=O) groups is 3. The Bertz CT molecular complexity index is 1250. The molecule has 0 radical (unpaired) electrons. The van der Waals surface area contributed by atoms with Crippen molar-refractivity contribution in [3.63, 3.8) is 0 Å². The number of aryl methyl sites for hydroxylation is 1. The molecule has 0 aliphatic carbocycles. The Morgan fingerprint density at radius 2 is 1.81 bits per heavy atom. The Morgan fingerprint density at radius 3 is 2.38 bits per heavy atom. The van der Waals surface area contributed by atoms with Crippen molar-refractivity contribution >= 4 is 46.8 Å². The molecule has 1 unspecified atom stereocenters. The van der Waals surface area contributed by atoms with Gasteiger partial charge in [-0.25, -0.2) is 9.69 Å². The SMILES string of the molecule is COC(=O)N(CC(=O)NCC(F)(F)F)C(=O)c1ccc(C2=NOC(C)(c3cc(Cl)cc(Cl)c3)C2)cc1C. The third-order valence-electron chi connectivity index (χ3n) is 5.55. The molecule has 0 fully saturated rings. The first-order valence-corrected chi connectivity index (χ1v) is 11.5. The minimum atomic E-state index is -4.65. The minimum absolute atomic E-state index is 0.0432. The zero-order chi connectivity index (χ0) is 27.5. The lowest BCUT2D eigenvalue weighted by Gasteiger charge is -2.22. The molecule has 13 heteroatoms. The van der Waals surface area contributed by atoms with Crippen LogP contribution < -0.4 is 5.32 Å². The summed E-state index contributed by atoms with van der Waals surface area (Å²) in [6.07, 6.45) is -5.48. The van der Waals surface area contributed by atoms with E-state index in [1.807, 2.05) is 6.92 Å². The molecule has 1 aliphatic heterocycles. The number of nitrogens with zero attached hydrogens (tertiary/aromatic N) is 2. The second kappa shape index (κ2) is 11.0. The average molecular weight is 560 g/mol. The lowest BCUT2D eigenvalue weighted by atomic mass is 9.88. The molecule has 37 heavy (non-hydrogen) atoms. The van der Waals surface area contributed by atoms with E-state index in [-0.39, 0.29) is 5.56 Å². The quantitative estimate of drug-likeness (QED) is 0.522. The molecule has 1 heterocycles. The highest BCUT2D eigenvalue weighted by molar-refractivity contribution is 6.34. The molecule has 1 N–H and O–H groups in total. The monoisotopic (exact) mass is 559 g/mol. The highest BCUT2D eigenvalue weighted by atomic mass is 35.5. The van der Waals surface area contributed by atoms with E-state index in [2.05, 4.69) is 9.89 Å². The van der Waals surface area contributed by atoms with Crippen molar-refractivity contribution in [2.75, 3.05) is 20.2 Å². The number of methoxy groups -OCH3 is 1. The molecule has 0 aromatic heterocycles. The van der Waals surface area contributed by atoms with Crippen molar-refractivity contribution in [1.82, 2.24) is 10.2 Å². The van der Waals surface area contributed by atoms with Crippen LogP contribution in [0.15, 0.2) is 41.6 Å². The molecule has 0 bridgehead atoms. The van der Waals surface area contributed by atoms with Crippen LogP contribution in [0.25, 0.3) is 0 Å². The Balaban J connectivity index is 1.78. The van der Waals surface area contributed by atoms with Crippen LogP contribution in [0.5, 0.6) is 0 Å². The summed E-state index contributed by atoms with van der Waals surface area (Å²) >= 11 is 12.2. The maximum Gasteiger partial charge on any atom is 0.417 e. The number of hydrogen-bond acceptors (Lipinski definition) is 6. The molecule has 3 amide bonds. The van der Waals surface area contributed by atoms with Gasteiger partial charge in [-0.1, -0.05) is 34.4 Å². The Labute approximate surface area is 220 Å². The van der Waals surface area contributed by atoms with Crippen LogP contribution in [0.2, 0.25) is 10.0 Å². The van der Waals surface area contributed by atoms with E-state index >= 15 is 0 Å². The molecule has 2 aromatic carbocycles. The number of hydrogen-bond donors (Lipinski definition) is 1. The molecule has 198 valence electrons. The predicted molar refractivity (Wildman–Crippen MR) is 130 cm³/mol. The molecule has 8 nitrogen and oxygen atoms in total. The van der Waals surface area contributed by atoms with E-state index < -0.39 is 42.8 Å². The van der Waals surface area contributed by atoms with Gasteiger partial charge in [-0.3, -0.25) is 9.59 Å². The summed E-state index contributed by atoms with van der Waals surface area (Å²) in [5.41, 5.74) is 1.58. The summed E-state index contributed by atoms with van der Waals surface area (Å²) < 4.78 is 41.7. The number of ether oxygens (including phenoxy) is 1. The van der Waals surface area contributed by atoms with E-state index in [1.165, 1.54) is 6.07 Å². The third-order valence-corrected chi connectivity index (χ3v) is 5.99. The van der Waals surface area contributed by atoms with Gasteiger partial charge in [0.25, 0.3) is 5.91 Å². The Morgan fingerprint density at radius 1 is 1.16 bits per heavy atom. The van der Waals surface area contributed by atoms with Crippen LogP contribution in [0, 0.1) is 6.92 Å². The number of oxime groups is 1. The van der Waals surface area contributed by atoms with Gasteiger partial charge >= 0.3 is 12.3 Å². The van der Waals surface area contributed by atoms with Gasteiger partial charge in [0.05, 0.1) is 12.8 Å². The molecular weight excluding hydrogens is 538 g/mol. The van der Waals surface area contributed by atoms with Crippen LogP contribution in [0.4, 0.5) is 18.0 Å². The van der Waals surface area contributed by atoms with Crippen molar-refractivity contribution < 1.29 is 37.1 Å². The largest absolute Gasteiger partial charge is 0.452 e. The fraction of sp³-hybridized carbons (Fsp3) is 0.333. The Hall–Kier alpha value is -3.31. The standard InChI is InChI=1S/C24H22Cl2F3N3O5/c1-13-6-14(19-10-23(2,37-31-19)15-7-16(25)9-17(26)8-15)4-5-18(13)21(34)32(22(35)36-3)11-20(33)30-12-24(27,28)29/h4-9H,10-12H2,1-3H3,(H,30,33). The fourth-order valence-corrected chi connectivity index (χ4v) is 4.19. The van der Waals surface area contributed by atoms with Crippen LogP contribution >= 0.6 is 23.2 Å². The van der Waals surface area contributed by atoms with Gasteiger partial charge in [-0.15, -0.1) is 0 Å². The van der Waals surface area contributed by atoms with Gasteiger partial charge in [-0.2, -0.15) is 13.2 Å². The summed E-state index contributed by atoms with van der Waals surface area (Å²) in [5, 5.41) is 6.69. The van der Waals surface area contributed by atoms with Crippen LogP contribution in [0.1, 0.15) is 40.4 Å². The minimum Gasteiger partial charge on any atom is -0.452 e. The number of halogens is 5. The number of alkyl halides is 3. The highest BCUT2D eigenvalue weighted by Crippen LogP contribution is 2.38. The van der Waals surface area contributed by atoms with Crippen molar-refractivity contribution in [3.8, 4) is 0 Å². The molecule has 0 spiro atoms. The zero-order valence-corrected chi connectivity index (χ0v) is 21.4. The van der Waals surface area contributed by atoms with Gasteiger partial charge in [0, 0.05) is 27.6 Å². The summed E-state index contributed by atoms with van der Waals surface area (Å²) in [6.45, 7) is 0.869. The topological polar surface area (TPSA) is 97.3 Å². The fourth-order valence-electron chi connectivity index (χ4n) is 3.66. The first-order valence-electron chi connectivity index (χ1n) is 10.8. The number of nitrogens with one attached hydrogen (secondary N) is 1. The first kappa shape index (κ1) is 28.3. The van der Waals surface area contributed by atoms with E-state index in [0.717, 1.165) is 12.7 Å². The maximum absolute atomic E-state index is 13.0. The number of amides is 3. The number of imide groups is 1. The zero-order valence-electron chi connectivity index (χ0n) is 19.9. The van der Waals surface area contributed by atoms with Gasteiger partial charge in [0.2, 0.25) is 5.91 Å². The predicted octanol–water partition coefficient (Wildman–Crippen LogP) is 5.23. The smallest absolute Gasteiger partial charge is 0.417 e. The van der Waals surface area contributed by atoms with E-state index in [1.54, 1.807) is 42.6 Å². The summed E-state index contributed by atoms with van der Waals surface area (Å²) in [6, 6.07) is 9.70. The third kappa shape index (κ3) is 6.92. The van der Waals surface area contributed by atoms with E-state index in [9.17, 15) is 27.6 Å². The number of carbonyl (C=O) groups excluding carboxylic acids is 3. The van der Waals surface area contributed by atoms with Crippen LogP contribution in [-0.2, 0) is 20.0 Å². The lowest BCUT2D eigenvalue weighted by Crippen LogP contribution is -2.46. The van der Waals surface area contributed by atoms with Gasteiger partial charge in [-0.05, 0) is 55.3 Å². The Kier molecular flexibility index (Phi) is 8.38.